The smallest absolute Gasteiger partial charge is 0.258 e. The van der Waals surface area contributed by atoms with Gasteiger partial charge in [-0.1, -0.05) is 49.6 Å². The van der Waals surface area contributed by atoms with Gasteiger partial charge in [0.1, 0.15) is 0 Å². The molecule has 1 N–H and O–H groups in total. The highest BCUT2D eigenvalue weighted by Crippen LogP contribution is 2.28. The summed E-state index contributed by atoms with van der Waals surface area (Å²) in [5.74, 6) is 0.392. The van der Waals surface area contributed by atoms with Gasteiger partial charge >= 0.3 is 0 Å². The van der Waals surface area contributed by atoms with Crippen molar-refractivity contribution in [3.8, 4) is 0 Å². The Bertz CT molecular complexity index is 838. The van der Waals surface area contributed by atoms with Gasteiger partial charge in [-0.3, -0.25) is 9.59 Å². The van der Waals surface area contributed by atoms with E-state index in [4.69, 9.17) is 0 Å². The number of anilines is 1. The molecule has 146 valence electrons. The summed E-state index contributed by atoms with van der Waals surface area (Å²) in [4.78, 5) is 27.2. The van der Waals surface area contributed by atoms with E-state index in [1.807, 2.05) is 47.4 Å². The molecule has 0 saturated heterocycles. The number of nitrogens with zero attached hydrogens (tertiary/aromatic N) is 1. The van der Waals surface area contributed by atoms with Crippen molar-refractivity contribution in [2.24, 2.45) is 5.92 Å². The van der Waals surface area contributed by atoms with E-state index < -0.39 is 0 Å². The number of benzene rings is 2. The molecule has 4 nitrogen and oxygen atoms in total. The summed E-state index contributed by atoms with van der Waals surface area (Å²) in [6.45, 7) is 1.28. The Morgan fingerprint density at radius 2 is 1.68 bits per heavy atom. The molecule has 2 aromatic rings. The lowest BCUT2D eigenvalue weighted by Gasteiger charge is -2.29. The van der Waals surface area contributed by atoms with Crippen LogP contribution >= 0.6 is 0 Å². The highest BCUT2D eigenvalue weighted by Gasteiger charge is 2.23. The van der Waals surface area contributed by atoms with E-state index in [1.54, 1.807) is 0 Å². The quantitative estimate of drug-likeness (QED) is 0.855. The minimum absolute atomic E-state index is 0.0462. The molecule has 0 unspecified atom stereocenters. The number of carbonyl (C=O) groups excluding carboxylic acids is 2. The Hall–Kier alpha value is -2.62. The zero-order chi connectivity index (χ0) is 19.3. The molecule has 1 fully saturated rings. The molecule has 28 heavy (non-hydrogen) atoms. The van der Waals surface area contributed by atoms with Gasteiger partial charge in [-0.2, -0.15) is 0 Å². The first kappa shape index (κ1) is 18.7. The molecule has 2 aromatic carbocycles. The van der Waals surface area contributed by atoms with E-state index in [2.05, 4.69) is 11.4 Å². The second-order valence-corrected chi connectivity index (χ2v) is 7.94. The van der Waals surface area contributed by atoms with Crippen LogP contribution in [0.1, 0.15) is 60.0 Å². The number of rotatable bonds is 4. The van der Waals surface area contributed by atoms with Gasteiger partial charge in [0.25, 0.3) is 5.91 Å². The molecule has 1 aliphatic heterocycles. The van der Waals surface area contributed by atoms with E-state index in [0.717, 1.165) is 56.3 Å². The largest absolute Gasteiger partial charge is 0.352 e. The first-order valence-corrected chi connectivity index (χ1v) is 10.5. The van der Waals surface area contributed by atoms with Crippen LogP contribution in [0.4, 0.5) is 5.69 Å². The average Bonchev–Trinajstić information content (AvgIpc) is 2.77. The Labute approximate surface area is 166 Å². The Kier molecular flexibility index (Phi) is 5.75. The molecular formula is C24H28N2O2. The maximum atomic E-state index is 13.0. The zero-order valence-corrected chi connectivity index (χ0v) is 16.3. The zero-order valence-electron chi connectivity index (χ0n) is 16.3. The number of aryl methyl sites for hydroxylation is 1. The number of hydrogen-bond acceptors (Lipinski definition) is 2. The molecule has 1 aliphatic carbocycles. The van der Waals surface area contributed by atoms with Crippen LogP contribution in [0.15, 0.2) is 48.5 Å². The topological polar surface area (TPSA) is 49.4 Å². The summed E-state index contributed by atoms with van der Waals surface area (Å²) >= 11 is 0. The molecular weight excluding hydrogens is 348 g/mol. The lowest BCUT2D eigenvalue weighted by atomic mass is 9.88. The van der Waals surface area contributed by atoms with Crippen molar-refractivity contribution in [3.63, 3.8) is 0 Å². The minimum atomic E-state index is 0.0462. The van der Waals surface area contributed by atoms with Crippen LogP contribution in [0.25, 0.3) is 0 Å². The van der Waals surface area contributed by atoms with Crippen LogP contribution in [0, 0.1) is 5.92 Å². The fraction of sp³-hybridized carbons (Fsp3) is 0.417. The predicted molar refractivity (Wildman–Crippen MR) is 111 cm³/mol. The Morgan fingerprint density at radius 1 is 0.929 bits per heavy atom. The molecule has 0 aromatic heterocycles. The Morgan fingerprint density at radius 3 is 2.46 bits per heavy atom. The first-order chi connectivity index (χ1) is 13.7. The maximum absolute atomic E-state index is 13.0. The van der Waals surface area contributed by atoms with Crippen molar-refractivity contribution in [2.75, 3.05) is 11.4 Å². The van der Waals surface area contributed by atoms with Gasteiger partial charge in [0, 0.05) is 30.3 Å². The van der Waals surface area contributed by atoms with Crippen LogP contribution in [-0.2, 0) is 17.8 Å². The number of amides is 2. The summed E-state index contributed by atoms with van der Waals surface area (Å²) in [5.41, 5.74) is 3.99. The maximum Gasteiger partial charge on any atom is 0.258 e. The van der Waals surface area contributed by atoms with E-state index in [0.29, 0.717) is 12.1 Å². The lowest BCUT2D eigenvalue weighted by molar-refractivity contribution is -0.126. The molecule has 0 radical (unpaired) electrons. The second kappa shape index (κ2) is 8.59. The van der Waals surface area contributed by atoms with Crippen molar-refractivity contribution in [3.05, 3.63) is 65.2 Å². The van der Waals surface area contributed by atoms with Crippen molar-refractivity contribution in [1.82, 2.24) is 5.32 Å². The molecule has 2 aliphatic rings. The summed E-state index contributed by atoms with van der Waals surface area (Å²) < 4.78 is 0. The molecule has 4 heteroatoms. The number of hydrogen-bond donors (Lipinski definition) is 1. The lowest BCUT2D eigenvalue weighted by Crippen LogP contribution is -2.35. The van der Waals surface area contributed by atoms with Crippen molar-refractivity contribution < 1.29 is 9.59 Å². The van der Waals surface area contributed by atoms with Crippen LogP contribution < -0.4 is 10.2 Å². The highest BCUT2D eigenvalue weighted by molar-refractivity contribution is 6.06. The minimum Gasteiger partial charge on any atom is -0.352 e. The van der Waals surface area contributed by atoms with E-state index >= 15 is 0 Å². The molecule has 4 rings (SSSR count). The monoisotopic (exact) mass is 376 g/mol. The van der Waals surface area contributed by atoms with Crippen molar-refractivity contribution in [2.45, 2.75) is 51.5 Å². The Balaban J connectivity index is 1.38. The fourth-order valence-electron chi connectivity index (χ4n) is 4.36. The van der Waals surface area contributed by atoms with Gasteiger partial charge in [-0.15, -0.1) is 0 Å². The second-order valence-electron chi connectivity index (χ2n) is 7.94. The van der Waals surface area contributed by atoms with E-state index in [9.17, 15) is 9.59 Å². The van der Waals surface area contributed by atoms with Gasteiger partial charge in [0.05, 0.1) is 0 Å². The SMILES string of the molecule is O=C(NCc1ccc(C(=O)N2CCCc3ccccc32)cc1)C1CCCCC1. The third-order valence-electron chi connectivity index (χ3n) is 6.00. The summed E-state index contributed by atoms with van der Waals surface area (Å²) in [5, 5.41) is 3.06. The van der Waals surface area contributed by atoms with Crippen LogP contribution in [0.3, 0.4) is 0 Å². The van der Waals surface area contributed by atoms with E-state index in [1.165, 1.54) is 12.0 Å². The van der Waals surface area contributed by atoms with Crippen LogP contribution in [-0.4, -0.2) is 18.4 Å². The number of para-hydroxylation sites is 1. The molecule has 0 spiro atoms. The number of fused-ring (bicyclic) bond motifs is 1. The standard InChI is InChI=1S/C24H28N2O2/c27-23(20-8-2-1-3-9-20)25-17-18-12-14-21(15-13-18)24(28)26-16-6-10-19-7-4-5-11-22(19)26/h4-5,7,11-15,20H,1-3,6,8-10,16-17H2,(H,25,27). The third-order valence-corrected chi connectivity index (χ3v) is 6.00. The van der Waals surface area contributed by atoms with Crippen molar-refractivity contribution in [1.29, 1.82) is 0 Å². The van der Waals surface area contributed by atoms with Gasteiger partial charge < -0.3 is 10.2 Å². The fourth-order valence-corrected chi connectivity index (χ4v) is 4.36. The van der Waals surface area contributed by atoms with Gasteiger partial charge in [0.2, 0.25) is 5.91 Å². The normalized spacial score (nSPS) is 17.1. The summed E-state index contributed by atoms with van der Waals surface area (Å²) in [6.07, 6.45) is 7.62. The third kappa shape index (κ3) is 4.11. The molecule has 0 atom stereocenters. The molecule has 0 bridgehead atoms. The summed E-state index contributed by atoms with van der Waals surface area (Å²) in [7, 11) is 0. The molecule has 2 amide bonds. The first-order valence-electron chi connectivity index (χ1n) is 10.5. The molecule has 1 heterocycles. The number of carbonyl (C=O) groups is 2. The van der Waals surface area contributed by atoms with Crippen LogP contribution in [0.2, 0.25) is 0 Å². The van der Waals surface area contributed by atoms with E-state index in [-0.39, 0.29) is 17.7 Å². The average molecular weight is 377 g/mol. The highest BCUT2D eigenvalue weighted by atomic mass is 16.2. The molecule has 1 saturated carbocycles. The predicted octanol–water partition coefficient (Wildman–Crippen LogP) is 4.48. The summed E-state index contributed by atoms with van der Waals surface area (Å²) in [6, 6.07) is 15.8. The van der Waals surface area contributed by atoms with Crippen molar-refractivity contribution >= 4 is 17.5 Å². The van der Waals surface area contributed by atoms with Gasteiger partial charge in [-0.25, -0.2) is 0 Å². The van der Waals surface area contributed by atoms with Gasteiger partial charge in [-0.05, 0) is 55.0 Å². The number of nitrogens with one attached hydrogen (secondary N) is 1. The van der Waals surface area contributed by atoms with Crippen LogP contribution in [0.5, 0.6) is 0 Å². The van der Waals surface area contributed by atoms with Gasteiger partial charge in [0.15, 0.2) is 0 Å².